The van der Waals surface area contributed by atoms with Crippen molar-refractivity contribution in [2.45, 2.75) is 0 Å². The van der Waals surface area contributed by atoms with E-state index in [4.69, 9.17) is 0 Å². The Labute approximate surface area is 50.2 Å². The van der Waals surface area contributed by atoms with Gasteiger partial charge in [-0.3, -0.25) is 5.10 Å². The van der Waals surface area contributed by atoms with Crippen LogP contribution >= 0.6 is 0 Å². The van der Waals surface area contributed by atoms with Crippen LogP contribution in [0.3, 0.4) is 0 Å². The SMILES string of the molecule is [Pt].c1cn[nH]c1. The number of aromatic nitrogens is 2. The quantitative estimate of drug-likeness (QED) is 0.721. The molecule has 0 aliphatic heterocycles. The van der Waals surface area contributed by atoms with Crippen molar-refractivity contribution in [1.82, 2.24) is 10.2 Å². The summed E-state index contributed by atoms with van der Waals surface area (Å²) in [6, 6.07) is 1.83. The first-order chi connectivity index (χ1) is 2.50. The molecule has 1 aromatic heterocycles. The van der Waals surface area contributed by atoms with Gasteiger partial charge in [-0.25, -0.2) is 0 Å². The molecular weight excluding hydrogens is 259 g/mol. The van der Waals surface area contributed by atoms with Gasteiger partial charge < -0.3 is 0 Å². The molecule has 1 aromatic rings. The van der Waals surface area contributed by atoms with Crippen LogP contribution in [0.15, 0.2) is 18.5 Å². The van der Waals surface area contributed by atoms with Gasteiger partial charge >= 0.3 is 0 Å². The third-order valence-corrected chi connectivity index (χ3v) is 0.406. The van der Waals surface area contributed by atoms with Crippen molar-refractivity contribution < 1.29 is 21.1 Å². The van der Waals surface area contributed by atoms with Gasteiger partial charge in [-0.2, -0.15) is 5.10 Å². The van der Waals surface area contributed by atoms with Gasteiger partial charge in [-0.15, -0.1) is 0 Å². The summed E-state index contributed by atoms with van der Waals surface area (Å²) < 4.78 is 0. The standard InChI is InChI=1S/C3H4N2.Pt/c1-2-4-5-3-1;/h1-3H,(H,4,5);. The average molecular weight is 263 g/mol. The molecule has 0 bridgehead atoms. The third-order valence-electron chi connectivity index (χ3n) is 0.406. The molecule has 0 aliphatic carbocycles. The fraction of sp³-hybridized carbons (Fsp3) is 0. The summed E-state index contributed by atoms with van der Waals surface area (Å²) in [5.41, 5.74) is 0. The van der Waals surface area contributed by atoms with Crippen molar-refractivity contribution >= 4 is 0 Å². The second-order valence-corrected chi connectivity index (χ2v) is 0.766. The normalized spacial score (nSPS) is 6.67. The number of rotatable bonds is 0. The molecule has 0 aliphatic rings. The fourth-order valence-corrected chi connectivity index (χ4v) is 0.215. The van der Waals surface area contributed by atoms with E-state index in [1.54, 1.807) is 12.4 Å². The molecule has 0 spiro atoms. The van der Waals surface area contributed by atoms with Crippen molar-refractivity contribution in [3.8, 4) is 0 Å². The number of hydrogen-bond donors (Lipinski definition) is 1. The van der Waals surface area contributed by atoms with Gasteiger partial charge in [0.25, 0.3) is 0 Å². The fourth-order valence-electron chi connectivity index (χ4n) is 0.215. The van der Waals surface area contributed by atoms with Crippen LogP contribution in [0.2, 0.25) is 0 Å². The summed E-state index contributed by atoms with van der Waals surface area (Å²) in [5, 5.41) is 6.21. The number of hydrogen-bond acceptors (Lipinski definition) is 1. The predicted octanol–water partition coefficient (Wildman–Crippen LogP) is 0.407. The molecule has 0 saturated carbocycles. The average Bonchev–Trinajstić information content (AvgIpc) is 1.76. The summed E-state index contributed by atoms with van der Waals surface area (Å²) in [4.78, 5) is 0. The Morgan fingerprint density at radius 1 is 1.50 bits per heavy atom. The van der Waals surface area contributed by atoms with Crippen LogP contribution in [0.4, 0.5) is 0 Å². The molecule has 36 valence electrons. The molecule has 1 rings (SSSR count). The Morgan fingerprint density at radius 3 is 2.50 bits per heavy atom. The number of nitrogens with one attached hydrogen (secondary N) is 1. The Bertz CT molecular complexity index is 65.3. The molecule has 1 N–H and O–H groups in total. The van der Waals surface area contributed by atoms with Crippen LogP contribution in [0.5, 0.6) is 0 Å². The van der Waals surface area contributed by atoms with Crippen molar-refractivity contribution in [2.24, 2.45) is 0 Å². The van der Waals surface area contributed by atoms with Crippen molar-refractivity contribution in [3.63, 3.8) is 0 Å². The van der Waals surface area contributed by atoms with Crippen LogP contribution in [0, 0.1) is 0 Å². The number of H-pyrrole nitrogens is 1. The molecule has 0 amide bonds. The van der Waals surface area contributed by atoms with Gasteiger partial charge in [0, 0.05) is 33.5 Å². The molecule has 2 nitrogen and oxygen atoms in total. The molecule has 0 fully saturated rings. The van der Waals surface area contributed by atoms with Crippen LogP contribution in [-0.4, -0.2) is 10.2 Å². The summed E-state index contributed by atoms with van der Waals surface area (Å²) in [6.45, 7) is 0. The minimum atomic E-state index is 0. The first-order valence-corrected chi connectivity index (χ1v) is 1.44. The van der Waals surface area contributed by atoms with Gasteiger partial charge in [-0.05, 0) is 6.07 Å². The minimum absolute atomic E-state index is 0. The summed E-state index contributed by atoms with van der Waals surface area (Å²) in [5.74, 6) is 0. The van der Waals surface area contributed by atoms with Crippen LogP contribution in [-0.2, 0) is 21.1 Å². The van der Waals surface area contributed by atoms with Gasteiger partial charge in [0.2, 0.25) is 0 Å². The van der Waals surface area contributed by atoms with E-state index < -0.39 is 0 Å². The molecular formula is C3H4N2Pt. The number of aromatic amines is 1. The van der Waals surface area contributed by atoms with Crippen molar-refractivity contribution in [3.05, 3.63) is 18.5 Å². The Kier molecular flexibility index (Phi) is 3.05. The molecule has 0 aromatic carbocycles. The second kappa shape index (κ2) is 3.10. The molecule has 0 radical (unpaired) electrons. The van der Waals surface area contributed by atoms with E-state index in [0.717, 1.165) is 0 Å². The van der Waals surface area contributed by atoms with Crippen LogP contribution in [0.1, 0.15) is 0 Å². The monoisotopic (exact) mass is 263 g/mol. The van der Waals surface area contributed by atoms with E-state index in [1.807, 2.05) is 6.07 Å². The molecule has 3 heteroatoms. The maximum atomic E-state index is 3.60. The molecule has 0 unspecified atom stereocenters. The summed E-state index contributed by atoms with van der Waals surface area (Å²) >= 11 is 0. The third kappa shape index (κ3) is 1.36. The molecule has 6 heavy (non-hydrogen) atoms. The second-order valence-electron chi connectivity index (χ2n) is 0.766. The Morgan fingerprint density at radius 2 is 2.33 bits per heavy atom. The summed E-state index contributed by atoms with van der Waals surface area (Å²) in [6.07, 6.45) is 3.46. The van der Waals surface area contributed by atoms with Gasteiger partial charge in [-0.1, -0.05) is 0 Å². The van der Waals surface area contributed by atoms with Gasteiger partial charge in [0.15, 0.2) is 0 Å². The molecule has 0 atom stereocenters. The van der Waals surface area contributed by atoms with E-state index in [2.05, 4.69) is 10.2 Å². The smallest absolute Gasteiger partial charge is 0.0487 e. The Hall–Kier alpha value is -0.102. The topological polar surface area (TPSA) is 28.7 Å². The maximum absolute atomic E-state index is 3.60. The van der Waals surface area contributed by atoms with E-state index in [1.165, 1.54) is 0 Å². The zero-order chi connectivity index (χ0) is 3.54. The number of nitrogens with zero attached hydrogens (tertiary/aromatic N) is 1. The molecule has 1 heterocycles. The van der Waals surface area contributed by atoms with Gasteiger partial charge in [0.05, 0.1) is 0 Å². The maximum Gasteiger partial charge on any atom is 0.0487 e. The minimum Gasteiger partial charge on any atom is -0.286 e. The first kappa shape index (κ1) is 5.90. The predicted molar refractivity (Wildman–Crippen MR) is 18.6 cm³/mol. The van der Waals surface area contributed by atoms with Crippen molar-refractivity contribution in [2.75, 3.05) is 0 Å². The zero-order valence-electron chi connectivity index (χ0n) is 3.00. The first-order valence-electron chi connectivity index (χ1n) is 1.44. The van der Waals surface area contributed by atoms with Gasteiger partial charge in [0.1, 0.15) is 0 Å². The van der Waals surface area contributed by atoms with Crippen molar-refractivity contribution in [1.29, 1.82) is 0 Å². The summed E-state index contributed by atoms with van der Waals surface area (Å²) in [7, 11) is 0. The van der Waals surface area contributed by atoms with Crippen LogP contribution < -0.4 is 0 Å². The van der Waals surface area contributed by atoms with Crippen LogP contribution in [0.25, 0.3) is 0 Å². The largest absolute Gasteiger partial charge is 0.286 e. The zero-order valence-corrected chi connectivity index (χ0v) is 5.27. The van der Waals surface area contributed by atoms with E-state index in [-0.39, 0.29) is 21.1 Å². The molecule has 0 saturated heterocycles. The van der Waals surface area contributed by atoms with E-state index in [9.17, 15) is 0 Å². The van der Waals surface area contributed by atoms with E-state index in [0.29, 0.717) is 0 Å². The van der Waals surface area contributed by atoms with E-state index >= 15 is 0 Å². The Balaban J connectivity index is 0.000000250.